The third-order valence-corrected chi connectivity index (χ3v) is 11.2. The average molecular weight is 441 g/mol. The van der Waals surface area contributed by atoms with E-state index >= 15 is 0 Å². The molecule has 5 heteroatoms. The minimum Gasteiger partial charge on any atom is -0.461 e. The first-order valence-electron chi connectivity index (χ1n) is 11.1. The molecule has 0 bridgehead atoms. The van der Waals surface area contributed by atoms with Crippen molar-refractivity contribution in [3.05, 3.63) is 72.1 Å². The normalized spacial score (nSPS) is 18.7. The number of hydrogen-bond acceptors (Lipinski definition) is 3. The fourth-order valence-electron chi connectivity index (χ4n) is 4.70. The van der Waals surface area contributed by atoms with Crippen molar-refractivity contribution < 1.29 is 18.3 Å². The molecule has 1 saturated carbocycles. The van der Waals surface area contributed by atoms with Crippen molar-refractivity contribution in [3.63, 3.8) is 0 Å². The third-order valence-electron chi connectivity index (χ3n) is 6.15. The number of esters is 1. The van der Waals surface area contributed by atoms with Crippen LogP contribution in [-0.2, 0) is 14.0 Å². The summed E-state index contributed by atoms with van der Waals surface area (Å²) in [6.07, 6.45) is 2.26. The van der Waals surface area contributed by atoms with Crippen LogP contribution in [0.1, 0.15) is 47.0 Å². The van der Waals surface area contributed by atoms with Crippen LogP contribution in [-0.4, -0.2) is 27.5 Å². The van der Waals surface area contributed by atoms with Crippen LogP contribution in [0.4, 0.5) is 4.39 Å². The summed E-state index contributed by atoms with van der Waals surface area (Å²) >= 11 is 0. The first-order valence-corrected chi connectivity index (χ1v) is 13.0. The van der Waals surface area contributed by atoms with Gasteiger partial charge in [0.15, 0.2) is 0 Å². The molecule has 1 atom stereocenters. The average Bonchev–Trinajstić information content (AvgIpc) is 3.23. The monoisotopic (exact) mass is 440 g/mol. The van der Waals surface area contributed by atoms with E-state index in [-0.39, 0.29) is 17.6 Å². The second-order valence-corrected chi connectivity index (χ2v) is 13.4. The van der Waals surface area contributed by atoms with Crippen molar-refractivity contribution in [2.24, 2.45) is 5.92 Å². The summed E-state index contributed by atoms with van der Waals surface area (Å²) < 4.78 is 26.7. The highest BCUT2D eigenvalue weighted by Gasteiger charge is 2.50. The van der Waals surface area contributed by atoms with Crippen molar-refractivity contribution in [2.45, 2.75) is 52.0 Å². The van der Waals surface area contributed by atoms with E-state index in [0.717, 1.165) is 12.8 Å². The maximum atomic E-state index is 14.8. The van der Waals surface area contributed by atoms with Gasteiger partial charge in [0.2, 0.25) is 5.83 Å². The summed E-state index contributed by atoms with van der Waals surface area (Å²) in [5.74, 6) is -1.68. The Kier molecular flexibility index (Phi) is 7.49. The highest BCUT2D eigenvalue weighted by Crippen LogP contribution is 2.40. The Labute approximate surface area is 186 Å². The van der Waals surface area contributed by atoms with Crippen molar-refractivity contribution in [1.82, 2.24) is 0 Å². The zero-order valence-electron chi connectivity index (χ0n) is 19.0. The number of hydrogen-bond donors (Lipinski definition) is 0. The van der Waals surface area contributed by atoms with Crippen molar-refractivity contribution in [3.8, 4) is 0 Å². The first kappa shape index (κ1) is 23.4. The standard InChI is InChI=1S/C26H33FO3Si/c1-5-29-25(28)24(27)23-18-12-13-20(23)19-30-31(26(2,3)4,21-14-8-6-9-15-21)22-16-10-7-11-17-22/h6-11,14-17,20H,5,12-13,18-19H2,1-4H3/b24-23+/t20-/m0/s1. The van der Waals surface area contributed by atoms with Gasteiger partial charge in [0.1, 0.15) is 0 Å². The number of halogens is 1. The van der Waals surface area contributed by atoms with Gasteiger partial charge >= 0.3 is 5.97 Å². The lowest BCUT2D eigenvalue weighted by Gasteiger charge is -2.43. The van der Waals surface area contributed by atoms with Gasteiger partial charge in [-0.25, -0.2) is 4.79 Å². The van der Waals surface area contributed by atoms with E-state index in [4.69, 9.17) is 9.16 Å². The zero-order chi connectivity index (χ0) is 22.5. The highest BCUT2D eigenvalue weighted by molar-refractivity contribution is 6.99. The molecule has 0 unspecified atom stereocenters. The number of carbonyl (C=O) groups is 1. The molecule has 1 fully saturated rings. The fourth-order valence-corrected chi connectivity index (χ4v) is 9.31. The van der Waals surface area contributed by atoms with Gasteiger partial charge in [0.05, 0.1) is 6.61 Å². The van der Waals surface area contributed by atoms with Gasteiger partial charge in [-0.15, -0.1) is 0 Å². The number of benzene rings is 2. The maximum Gasteiger partial charge on any atom is 0.367 e. The Morgan fingerprint density at radius 2 is 1.58 bits per heavy atom. The van der Waals surface area contributed by atoms with Crippen LogP contribution in [0.5, 0.6) is 0 Å². The van der Waals surface area contributed by atoms with Gasteiger partial charge < -0.3 is 9.16 Å². The van der Waals surface area contributed by atoms with Crippen LogP contribution in [0, 0.1) is 5.92 Å². The molecule has 2 aromatic rings. The summed E-state index contributed by atoms with van der Waals surface area (Å²) in [6.45, 7) is 8.93. The molecular formula is C26H33FO3Si. The smallest absolute Gasteiger partial charge is 0.367 e. The van der Waals surface area contributed by atoms with Crippen LogP contribution in [0.2, 0.25) is 5.04 Å². The van der Waals surface area contributed by atoms with E-state index in [1.54, 1.807) is 6.92 Å². The molecule has 0 amide bonds. The molecule has 0 aliphatic heterocycles. The van der Waals surface area contributed by atoms with Crippen LogP contribution in [0.3, 0.4) is 0 Å². The largest absolute Gasteiger partial charge is 0.461 e. The summed E-state index contributed by atoms with van der Waals surface area (Å²) in [5, 5.41) is 2.25. The number of rotatable bonds is 7. The van der Waals surface area contributed by atoms with Crippen LogP contribution in [0.25, 0.3) is 0 Å². The Hall–Kier alpha value is -2.24. The van der Waals surface area contributed by atoms with E-state index in [9.17, 15) is 9.18 Å². The Bertz CT molecular complexity index is 864. The third kappa shape index (κ3) is 4.83. The van der Waals surface area contributed by atoms with Gasteiger partial charge in [0, 0.05) is 12.5 Å². The quantitative estimate of drug-likeness (QED) is 0.339. The molecule has 1 aliphatic carbocycles. The lowest BCUT2D eigenvalue weighted by molar-refractivity contribution is -0.140. The molecule has 0 heterocycles. The Morgan fingerprint density at radius 3 is 2.06 bits per heavy atom. The Morgan fingerprint density at radius 1 is 1.03 bits per heavy atom. The molecule has 0 saturated heterocycles. The predicted molar refractivity (Wildman–Crippen MR) is 126 cm³/mol. The lowest BCUT2D eigenvalue weighted by Crippen LogP contribution is -2.66. The minimum absolute atomic E-state index is 0.106. The van der Waals surface area contributed by atoms with Gasteiger partial charge in [-0.1, -0.05) is 81.4 Å². The summed E-state index contributed by atoms with van der Waals surface area (Å²) in [7, 11) is -2.68. The topological polar surface area (TPSA) is 35.5 Å². The molecule has 0 spiro atoms. The van der Waals surface area contributed by atoms with Crippen LogP contribution >= 0.6 is 0 Å². The molecule has 0 radical (unpaired) electrons. The summed E-state index contributed by atoms with van der Waals surface area (Å²) in [4.78, 5) is 12.0. The molecular weight excluding hydrogens is 407 g/mol. The summed E-state index contributed by atoms with van der Waals surface area (Å²) in [5.41, 5.74) is 0.552. The summed E-state index contributed by atoms with van der Waals surface area (Å²) in [6, 6.07) is 20.8. The maximum absolute atomic E-state index is 14.8. The number of ether oxygens (including phenoxy) is 1. The number of carbonyl (C=O) groups excluding carboxylic acids is 1. The molecule has 0 aromatic heterocycles. The molecule has 31 heavy (non-hydrogen) atoms. The minimum atomic E-state index is -2.68. The molecule has 3 rings (SSSR count). The van der Waals surface area contributed by atoms with E-state index in [1.807, 2.05) is 12.1 Å². The van der Waals surface area contributed by atoms with E-state index < -0.39 is 20.1 Å². The lowest BCUT2D eigenvalue weighted by atomic mass is 10.0. The van der Waals surface area contributed by atoms with Crippen LogP contribution in [0.15, 0.2) is 72.1 Å². The Balaban J connectivity index is 2.00. The fraction of sp³-hybridized carbons (Fsp3) is 0.423. The van der Waals surface area contributed by atoms with Gasteiger partial charge in [-0.05, 0) is 47.2 Å². The predicted octanol–water partition coefficient (Wildman–Crippen LogP) is 5.15. The van der Waals surface area contributed by atoms with E-state index in [0.29, 0.717) is 18.6 Å². The second-order valence-electron chi connectivity index (χ2n) is 9.12. The second kappa shape index (κ2) is 9.92. The molecule has 2 aromatic carbocycles. The SMILES string of the molecule is CCOC(=O)/C(F)=C1/CCC[C@H]1CO[Si](c1ccccc1)(c1ccccc1)C(C)(C)C. The van der Waals surface area contributed by atoms with E-state index in [1.165, 1.54) is 10.4 Å². The van der Waals surface area contributed by atoms with Gasteiger partial charge in [-0.2, -0.15) is 4.39 Å². The van der Waals surface area contributed by atoms with Crippen molar-refractivity contribution >= 4 is 24.7 Å². The van der Waals surface area contributed by atoms with Crippen molar-refractivity contribution in [2.75, 3.05) is 13.2 Å². The van der Waals surface area contributed by atoms with Crippen LogP contribution < -0.4 is 10.4 Å². The molecule has 166 valence electrons. The molecule has 1 aliphatic rings. The zero-order valence-corrected chi connectivity index (χ0v) is 20.0. The first-order chi connectivity index (χ1) is 14.8. The molecule has 0 N–H and O–H groups in total. The van der Waals surface area contributed by atoms with E-state index in [2.05, 4.69) is 69.3 Å². The molecule has 3 nitrogen and oxygen atoms in total. The van der Waals surface area contributed by atoms with Crippen molar-refractivity contribution in [1.29, 1.82) is 0 Å². The highest BCUT2D eigenvalue weighted by atomic mass is 28.4. The van der Waals surface area contributed by atoms with Gasteiger partial charge in [-0.3, -0.25) is 0 Å². The van der Waals surface area contributed by atoms with Gasteiger partial charge in [0.25, 0.3) is 8.32 Å².